The fraction of sp³-hybridized carbons (Fsp3) is 0.444. The molecule has 0 saturated heterocycles. The molecule has 0 fully saturated rings. The molecule has 1 heterocycles. The summed E-state index contributed by atoms with van der Waals surface area (Å²) in [5, 5.41) is 2.55. The van der Waals surface area contributed by atoms with Gasteiger partial charge in [-0.05, 0) is 0 Å². The number of hydrogen-bond donors (Lipinski definition) is 2. The van der Waals surface area contributed by atoms with Gasteiger partial charge in [0.15, 0.2) is 0 Å². The van der Waals surface area contributed by atoms with E-state index in [4.69, 9.17) is 5.73 Å². The first kappa shape index (κ1) is 14.6. The molecule has 1 aliphatic rings. The van der Waals surface area contributed by atoms with Crippen LogP contribution in [0.25, 0.3) is 0 Å². The number of hydrogen-bond acceptors (Lipinski definition) is 4. The van der Waals surface area contributed by atoms with Crippen molar-refractivity contribution < 1.29 is 14.4 Å². The molecule has 0 aliphatic carbocycles. The number of nitrogens with zero attached hydrogens (tertiary/aromatic N) is 1. The van der Waals surface area contributed by atoms with Crippen LogP contribution in [-0.4, -0.2) is 42.3 Å². The van der Waals surface area contributed by atoms with Crippen LogP contribution in [0.3, 0.4) is 0 Å². The Bertz CT molecular complexity index is 299. The van der Waals surface area contributed by atoms with E-state index in [0.29, 0.717) is 13.1 Å². The number of carbonyl (C=O) groups is 3. The molecule has 0 unspecified atom stereocenters. The van der Waals surface area contributed by atoms with Crippen LogP contribution in [0.15, 0.2) is 12.2 Å². The lowest BCUT2D eigenvalue weighted by atomic mass is 10.3. The van der Waals surface area contributed by atoms with Crippen molar-refractivity contribution in [3.8, 4) is 0 Å². The Balaban J connectivity index is 0.00000225. The molecule has 6 nitrogen and oxygen atoms in total. The fourth-order valence-electron chi connectivity index (χ4n) is 1.16. The largest absolute Gasteiger partial charge is 0.355 e. The van der Waals surface area contributed by atoms with Gasteiger partial charge in [-0.1, -0.05) is 0 Å². The smallest absolute Gasteiger partial charge is 0.253 e. The number of halogens is 1. The minimum absolute atomic E-state index is 0. The van der Waals surface area contributed by atoms with Gasteiger partial charge in [0.25, 0.3) is 11.8 Å². The Morgan fingerprint density at radius 3 is 2.38 bits per heavy atom. The molecule has 0 aromatic heterocycles. The Morgan fingerprint density at radius 1 is 1.31 bits per heavy atom. The molecule has 0 radical (unpaired) electrons. The van der Waals surface area contributed by atoms with Gasteiger partial charge in [-0.2, -0.15) is 0 Å². The predicted molar refractivity (Wildman–Crippen MR) is 59.8 cm³/mol. The molecule has 7 heteroatoms. The molecular formula is C9H14ClN3O3. The summed E-state index contributed by atoms with van der Waals surface area (Å²) in [7, 11) is 0. The number of carbonyl (C=O) groups excluding carboxylic acids is 3. The van der Waals surface area contributed by atoms with E-state index in [9.17, 15) is 14.4 Å². The van der Waals surface area contributed by atoms with Crippen molar-refractivity contribution in [1.29, 1.82) is 0 Å². The summed E-state index contributed by atoms with van der Waals surface area (Å²) in [6, 6.07) is 0. The SMILES string of the molecule is Cl.NCCNC(=O)CCN1C(=O)C=CC1=O. The number of amides is 3. The molecule has 0 atom stereocenters. The van der Waals surface area contributed by atoms with E-state index in [2.05, 4.69) is 5.32 Å². The first-order valence-corrected chi connectivity index (χ1v) is 4.65. The zero-order valence-electron chi connectivity index (χ0n) is 8.64. The Morgan fingerprint density at radius 2 is 1.88 bits per heavy atom. The summed E-state index contributed by atoms with van der Waals surface area (Å²) in [6.45, 7) is 0.884. The quantitative estimate of drug-likeness (QED) is 0.597. The third-order valence-electron chi connectivity index (χ3n) is 1.93. The number of nitrogens with one attached hydrogen (secondary N) is 1. The minimum atomic E-state index is -0.369. The normalized spacial score (nSPS) is 13.9. The van der Waals surface area contributed by atoms with Crippen molar-refractivity contribution in [3.63, 3.8) is 0 Å². The van der Waals surface area contributed by atoms with Crippen LogP contribution in [0, 0.1) is 0 Å². The van der Waals surface area contributed by atoms with E-state index in [1.165, 1.54) is 12.2 Å². The molecule has 0 spiro atoms. The molecule has 0 aromatic carbocycles. The molecule has 16 heavy (non-hydrogen) atoms. The van der Waals surface area contributed by atoms with Crippen molar-refractivity contribution in [2.45, 2.75) is 6.42 Å². The summed E-state index contributed by atoms with van der Waals surface area (Å²) in [5.41, 5.74) is 5.20. The van der Waals surface area contributed by atoms with E-state index in [1.807, 2.05) is 0 Å². The summed E-state index contributed by atoms with van der Waals surface area (Å²) in [5.74, 6) is -0.953. The number of rotatable bonds is 5. The maximum absolute atomic E-state index is 11.1. The lowest BCUT2D eigenvalue weighted by molar-refractivity contribution is -0.137. The molecule has 3 amide bonds. The van der Waals surface area contributed by atoms with E-state index in [1.54, 1.807) is 0 Å². The highest BCUT2D eigenvalue weighted by Crippen LogP contribution is 2.03. The van der Waals surface area contributed by atoms with E-state index in [-0.39, 0.29) is 43.1 Å². The second-order valence-corrected chi connectivity index (χ2v) is 3.05. The van der Waals surface area contributed by atoms with Crippen molar-refractivity contribution in [3.05, 3.63) is 12.2 Å². The first-order valence-electron chi connectivity index (χ1n) is 4.65. The van der Waals surface area contributed by atoms with Crippen molar-refractivity contribution >= 4 is 30.1 Å². The Kier molecular flexibility index (Phi) is 6.36. The van der Waals surface area contributed by atoms with Gasteiger partial charge in [0.2, 0.25) is 5.91 Å². The van der Waals surface area contributed by atoms with Crippen LogP contribution in [0.2, 0.25) is 0 Å². The van der Waals surface area contributed by atoms with Crippen LogP contribution in [0.4, 0.5) is 0 Å². The molecule has 90 valence electrons. The van der Waals surface area contributed by atoms with Crippen molar-refractivity contribution in [2.24, 2.45) is 5.73 Å². The highest BCUT2D eigenvalue weighted by atomic mass is 35.5. The molecule has 0 saturated carbocycles. The standard InChI is InChI=1S/C9H13N3O3.ClH/c10-4-5-11-7(13)3-6-12-8(14)1-2-9(12)15;/h1-2H,3-6,10H2,(H,11,13);1H. The van der Waals surface area contributed by atoms with Crippen LogP contribution < -0.4 is 11.1 Å². The number of imide groups is 1. The maximum atomic E-state index is 11.1. The molecule has 1 rings (SSSR count). The highest BCUT2D eigenvalue weighted by molar-refractivity contribution is 6.13. The van der Waals surface area contributed by atoms with Gasteiger partial charge in [0.05, 0.1) is 0 Å². The third-order valence-corrected chi connectivity index (χ3v) is 1.93. The summed E-state index contributed by atoms with van der Waals surface area (Å²) >= 11 is 0. The zero-order valence-corrected chi connectivity index (χ0v) is 9.46. The lowest BCUT2D eigenvalue weighted by Gasteiger charge is -2.12. The highest BCUT2D eigenvalue weighted by Gasteiger charge is 2.23. The van der Waals surface area contributed by atoms with Crippen LogP contribution in [0.5, 0.6) is 0 Å². The molecular weight excluding hydrogens is 234 g/mol. The van der Waals surface area contributed by atoms with Crippen LogP contribution >= 0.6 is 12.4 Å². The summed E-state index contributed by atoms with van der Waals surface area (Å²) in [4.78, 5) is 34.3. The van der Waals surface area contributed by atoms with Crippen molar-refractivity contribution in [2.75, 3.05) is 19.6 Å². The van der Waals surface area contributed by atoms with Gasteiger partial charge < -0.3 is 11.1 Å². The summed E-state index contributed by atoms with van der Waals surface area (Å²) in [6.07, 6.45) is 2.50. The van der Waals surface area contributed by atoms with Gasteiger partial charge >= 0.3 is 0 Å². The molecule has 1 aliphatic heterocycles. The Hall–Kier alpha value is -1.40. The fourth-order valence-corrected chi connectivity index (χ4v) is 1.16. The average Bonchev–Trinajstić information content (AvgIpc) is 2.53. The second-order valence-electron chi connectivity index (χ2n) is 3.05. The van der Waals surface area contributed by atoms with E-state index < -0.39 is 0 Å². The predicted octanol–water partition coefficient (Wildman–Crippen LogP) is -1.20. The molecule has 0 bridgehead atoms. The van der Waals surface area contributed by atoms with Gasteiger partial charge in [0.1, 0.15) is 0 Å². The van der Waals surface area contributed by atoms with Crippen molar-refractivity contribution in [1.82, 2.24) is 10.2 Å². The zero-order chi connectivity index (χ0) is 11.3. The lowest BCUT2D eigenvalue weighted by Crippen LogP contribution is -2.35. The first-order chi connectivity index (χ1) is 7.15. The van der Waals surface area contributed by atoms with Crippen LogP contribution in [0.1, 0.15) is 6.42 Å². The molecule has 3 N–H and O–H groups in total. The van der Waals surface area contributed by atoms with Gasteiger partial charge in [0, 0.05) is 38.2 Å². The third kappa shape index (κ3) is 4.00. The van der Waals surface area contributed by atoms with E-state index in [0.717, 1.165) is 4.90 Å². The van der Waals surface area contributed by atoms with Crippen LogP contribution in [-0.2, 0) is 14.4 Å². The Labute approximate surface area is 99.3 Å². The minimum Gasteiger partial charge on any atom is -0.355 e. The van der Waals surface area contributed by atoms with Gasteiger partial charge in [-0.15, -0.1) is 12.4 Å². The van der Waals surface area contributed by atoms with Gasteiger partial charge in [-0.3, -0.25) is 19.3 Å². The van der Waals surface area contributed by atoms with Gasteiger partial charge in [-0.25, -0.2) is 0 Å². The molecule has 0 aromatic rings. The maximum Gasteiger partial charge on any atom is 0.253 e. The average molecular weight is 248 g/mol. The second kappa shape index (κ2) is 6.97. The van der Waals surface area contributed by atoms with E-state index >= 15 is 0 Å². The monoisotopic (exact) mass is 247 g/mol. The number of nitrogens with two attached hydrogens (primary N) is 1. The summed E-state index contributed by atoms with van der Waals surface area (Å²) < 4.78 is 0. The topological polar surface area (TPSA) is 92.5 Å².